The van der Waals surface area contributed by atoms with E-state index in [1.165, 1.54) is 16.9 Å². The predicted molar refractivity (Wildman–Crippen MR) is 83.5 cm³/mol. The van der Waals surface area contributed by atoms with Gasteiger partial charge in [0.1, 0.15) is 17.9 Å². The van der Waals surface area contributed by atoms with Crippen molar-refractivity contribution in [3.05, 3.63) is 16.1 Å². The van der Waals surface area contributed by atoms with Crippen LogP contribution in [0.5, 0.6) is 11.5 Å². The highest BCUT2D eigenvalue weighted by Gasteiger charge is 2.28. The zero-order valence-corrected chi connectivity index (χ0v) is 13.7. The summed E-state index contributed by atoms with van der Waals surface area (Å²) < 4.78 is 13.1. The number of ether oxygens (including phenoxy) is 2. The summed E-state index contributed by atoms with van der Waals surface area (Å²) in [7, 11) is 0. The van der Waals surface area contributed by atoms with E-state index in [1.807, 2.05) is 0 Å². The second-order valence-corrected chi connectivity index (χ2v) is 7.80. The fourth-order valence-electron chi connectivity index (χ4n) is 2.37. The quantitative estimate of drug-likeness (QED) is 0.753. The average molecular weight is 312 g/mol. The number of aromatic nitrogens is 1. The van der Waals surface area contributed by atoms with E-state index in [-0.39, 0.29) is 5.41 Å². The van der Waals surface area contributed by atoms with Crippen molar-refractivity contribution in [2.75, 3.05) is 13.2 Å². The average Bonchev–Trinajstić information content (AvgIpc) is 2.77. The van der Waals surface area contributed by atoms with Crippen LogP contribution in [0.2, 0.25) is 4.47 Å². The lowest BCUT2D eigenvalue weighted by molar-refractivity contribution is 0.174. The first-order valence-corrected chi connectivity index (χ1v) is 7.96. The molecule has 3 nitrogen and oxygen atoms in total. The summed E-state index contributed by atoms with van der Waals surface area (Å²) in [6.45, 7) is 10.1. The molecule has 0 amide bonds. The normalized spacial score (nSPS) is 16.4. The molecule has 0 bridgehead atoms. The van der Waals surface area contributed by atoms with Gasteiger partial charge in [-0.15, -0.1) is 0 Å². The molecule has 0 saturated carbocycles. The van der Waals surface area contributed by atoms with Crippen LogP contribution >= 0.6 is 22.9 Å². The molecule has 1 unspecified atom stereocenters. The molecule has 1 aromatic carbocycles. The van der Waals surface area contributed by atoms with E-state index < -0.39 is 0 Å². The SMILES string of the molecule is CC(c1cc2c(c3sc(Cl)nc13)OCCO2)C(C)(C)C. The molecule has 5 heteroatoms. The standard InChI is InChI=1S/C15H18ClNO2S/c1-8(15(2,3)4)9-7-10-12(19-6-5-18-10)13-11(9)17-14(16)20-13/h7-8H,5-6H2,1-4H3. The zero-order chi connectivity index (χ0) is 14.5. The zero-order valence-electron chi connectivity index (χ0n) is 12.1. The second-order valence-electron chi connectivity index (χ2n) is 6.22. The van der Waals surface area contributed by atoms with Crippen LogP contribution in [0.4, 0.5) is 0 Å². The van der Waals surface area contributed by atoms with Crippen molar-refractivity contribution in [1.82, 2.24) is 4.98 Å². The number of fused-ring (bicyclic) bond motifs is 3. The lowest BCUT2D eigenvalue weighted by Crippen LogP contribution is -2.18. The van der Waals surface area contributed by atoms with E-state index in [1.54, 1.807) is 0 Å². The summed E-state index contributed by atoms with van der Waals surface area (Å²) in [5.41, 5.74) is 2.28. The van der Waals surface area contributed by atoms with Gasteiger partial charge < -0.3 is 9.47 Å². The van der Waals surface area contributed by atoms with Gasteiger partial charge in [-0.1, -0.05) is 50.6 Å². The predicted octanol–water partition coefficient (Wildman–Crippen LogP) is 4.87. The molecule has 1 aromatic heterocycles. The van der Waals surface area contributed by atoms with E-state index >= 15 is 0 Å². The number of rotatable bonds is 1. The summed E-state index contributed by atoms with van der Waals surface area (Å²) in [5, 5.41) is 0. The minimum absolute atomic E-state index is 0.146. The van der Waals surface area contributed by atoms with Crippen molar-refractivity contribution < 1.29 is 9.47 Å². The Balaban J connectivity index is 2.27. The van der Waals surface area contributed by atoms with Crippen molar-refractivity contribution in [3.63, 3.8) is 0 Å². The van der Waals surface area contributed by atoms with Crippen molar-refractivity contribution in [2.45, 2.75) is 33.6 Å². The molecule has 1 aliphatic heterocycles. The molecule has 3 rings (SSSR count). The molecule has 0 N–H and O–H groups in total. The van der Waals surface area contributed by atoms with Crippen LogP contribution in [0, 0.1) is 5.41 Å². The van der Waals surface area contributed by atoms with Crippen LogP contribution in [0.25, 0.3) is 10.2 Å². The molecule has 0 radical (unpaired) electrons. The third-order valence-corrected chi connectivity index (χ3v) is 5.10. The Morgan fingerprint density at radius 1 is 1.30 bits per heavy atom. The van der Waals surface area contributed by atoms with E-state index in [9.17, 15) is 0 Å². The van der Waals surface area contributed by atoms with E-state index in [4.69, 9.17) is 21.1 Å². The molecule has 0 fully saturated rings. The Morgan fingerprint density at radius 2 is 2.00 bits per heavy atom. The summed E-state index contributed by atoms with van der Waals surface area (Å²) in [4.78, 5) is 4.50. The van der Waals surface area contributed by atoms with Crippen molar-refractivity contribution in [1.29, 1.82) is 0 Å². The molecule has 0 aliphatic carbocycles. The number of hydrogen-bond acceptors (Lipinski definition) is 4. The van der Waals surface area contributed by atoms with Crippen molar-refractivity contribution in [3.8, 4) is 11.5 Å². The fourth-order valence-corrected chi connectivity index (χ4v) is 3.50. The van der Waals surface area contributed by atoms with Crippen molar-refractivity contribution >= 4 is 33.2 Å². The molecule has 0 saturated heterocycles. The monoisotopic (exact) mass is 311 g/mol. The van der Waals surface area contributed by atoms with Crippen LogP contribution < -0.4 is 9.47 Å². The highest BCUT2D eigenvalue weighted by Crippen LogP contribution is 2.47. The number of benzene rings is 1. The Bertz CT molecular complexity index is 660. The van der Waals surface area contributed by atoms with Gasteiger partial charge in [0, 0.05) is 0 Å². The number of thiazole rings is 1. The van der Waals surface area contributed by atoms with Gasteiger partial charge in [-0.05, 0) is 23.0 Å². The molecule has 2 aromatic rings. The van der Waals surface area contributed by atoms with E-state index in [2.05, 4.69) is 38.7 Å². The highest BCUT2D eigenvalue weighted by molar-refractivity contribution is 7.22. The Hall–Kier alpha value is -1.00. The van der Waals surface area contributed by atoms with Crippen LogP contribution in [0.15, 0.2) is 6.07 Å². The maximum Gasteiger partial charge on any atom is 0.184 e. The van der Waals surface area contributed by atoms with Gasteiger partial charge in [0.25, 0.3) is 0 Å². The Labute approximate surface area is 127 Å². The third-order valence-electron chi connectivity index (χ3n) is 3.94. The number of hydrogen-bond donors (Lipinski definition) is 0. The molecular formula is C15H18ClNO2S. The molecule has 0 spiro atoms. The maximum absolute atomic E-state index is 6.13. The van der Waals surface area contributed by atoms with Gasteiger partial charge in [-0.25, -0.2) is 4.98 Å². The first kappa shape index (κ1) is 14.0. The van der Waals surface area contributed by atoms with Gasteiger partial charge in [0.15, 0.2) is 16.0 Å². The lowest BCUT2D eigenvalue weighted by atomic mass is 9.77. The minimum Gasteiger partial charge on any atom is -0.486 e. The second kappa shape index (κ2) is 4.78. The molecule has 2 heterocycles. The topological polar surface area (TPSA) is 31.4 Å². The Morgan fingerprint density at radius 3 is 2.70 bits per heavy atom. The maximum atomic E-state index is 6.13. The highest BCUT2D eigenvalue weighted by atomic mass is 35.5. The summed E-state index contributed by atoms with van der Waals surface area (Å²) >= 11 is 7.59. The molecular weight excluding hydrogens is 294 g/mol. The number of nitrogens with zero attached hydrogens (tertiary/aromatic N) is 1. The first-order valence-electron chi connectivity index (χ1n) is 6.76. The van der Waals surface area contributed by atoms with Gasteiger partial charge in [-0.3, -0.25) is 0 Å². The van der Waals surface area contributed by atoms with Crippen LogP contribution in [-0.2, 0) is 0 Å². The first-order chi connectivity index (χ1) is 9.38. The lowest BCUT2D eigenvalue weighted by Gasteiger charge is -2.29. The largest absolute Gasteiger partial charge is 0.486 e. The van der Waals surface area contributed by atoms with Gasteiger partial charge in [0.2, 0.25) is 0 Å². The summed E-state index contributed by atoms with van der Waals surface area (Å²) in [6.07, 6.45) is 0. The summed E-state index contributed by atoms with van der Waals surface area (Å²) in [6, 6.07) is 2.07. The minimum atomic E-state index is 0.146. The molecule has 108 valence electrons. The smallest absolute Gasteiger partial charge is 0.184 e. The van der Waals surface area contributed by atoms with Crippen LogP contribution in [-0.4, -0.2) is 18.2 Å². The van der Waals surface area contributed by atoms with E-state index in [0.29, 0.717) is 23.6 Å². The molecule has 1 atom stereocenters. The van der Waals surface area contributed by atoms with Crippen molar-refractivity contribution in [2.24, 2.45) is 5.41 Å². The van der Waals surface area contributed by atoms with Gasteiger partial charge in [0.05, 0.1) is 5.52 Å². The van der Waals surface area contributed by atoms with Crippen LogP contribution in [0.3, 0.4) is 0 Å². The molecule has 20 heavy (non-hydrogen) atoms. The summed E-state index contributed by atoms with van der Waals surface area (Å²) in [5.74, 6) is 1.95. The third kappa shape index (κ3) is 2.25. The van der Waals surface area contributed by atoms with Gasteiger partial charge in [-0.2, -0.15) is 0 Å². The Kier molecular flexibility index (Phi) is 3.33. The van der Waals surface area contributed by atoms with Gasteiger partial charge >= 0.3 is 0 Å². The fraction of sp³-hybridized carbons (Fsp3) is 0.533. The number of halogens is 1. The van der Waals surface area contributed by atoms with E-state index in [0.717, 1.165) is 21.7 Å². The molecule has 1 aliphatic rings. The van der Waals surface area contributed by atoms with Crippen LogP contribution in [0.1, 0.15) is 39.2 Å².